The molecule has 24 heavy (non-hydrogen) atoms. The minimum absolute atomic E-state index is 0.372. The Labute approximate surface area is 146 Å². The summed E-state index contributed by atoms with van der Waals surface area (Å²) in [6, 6.07) is 17.4. The average Bonchev–Trinajstić information content (AvgIpc) is 2.61. The summed E-state index contributed by atoms with van der Waals surface area (Å²) < 4.78 is 11.3. The number of halogens is 1. The largest absolute Gasteiger partial charge is 0.497 e. The van der Waals surface area contributed by atoms with Gasteiger partial charge in [0.15, 0.2) is 5.15 Å². The number of nitrogens with zero attached hydrogens (tertiary/aromatic N) is 2. The number of ether oxygens (including phenoxy) is 2. The summed E-state index contributed by atoms with van der Waals surface area (Å²) in [7, 11) is 1.63. The predicted octanol–water partition coefficient (Wildman–Crippen LogP) is 4.69. The van der Waals surface area contributed by atoms with E-state index in [9.17, 15) is 0 Å². The zero-order valence-electron chi connectivity index (χ0n) is 13.5. The maximum absolute atomic E-state index is 6.02. The van der Waals surface area contributed by atoms with Crippen LogP contribution in [0.5, 0.6) is 11.5 Å². The van der Waals surface area contributed by atoms with Crippen molar-refractivity contribution < 1.29 is 9.47 Å². The van der Waals surface area contributed by atoms with Crippen molar-refractivity contribution in [3.05, 3.63) is 70.9 Å². The van der Waals surface area contributed by atoms with Gasteiger partial charge in [0.2, 0.25) is 0 Å². The molecule has 0 N–H and O–H groups in total. The van der Waals surface area contributed by atoms with E-state index < -0.39 is 0 Å². The monoisotopic (exact) mass is 340 g/mol. The third-order valence-corrected chi connectivity index (χ3v) is 3.82. The summed E-state index contributed by atoms with van der Waals surface area (Å²) in [6.45, 7) is 2.40. The van der Waals surface area contributed by atoms with Crippen LogP contribution in [0.3, 0.4) is 0 Å². The Hall–Kier alpha value is -2.59. The highest BCUT2D eigenvalue weighted by Gasteiger charge is 2.13. The molecule has 0 amide bonds. The number of rotatable bonds is 5. The molecular formula is C19H17ClN2O2. The highest BCUT2D eigenvalue weighted by molar-refractivity contribution is 6.29. The fraction of sp³-hybridized carbons (Fsp3) is 0.158. The van der Waals surface area contributed by atoms with Crippen molar-refractivity contribution in [3.63, 3.8) is 0 Å². The second kappa shape index (κ2) is 7.32. The summed E-state index contributed by atoms with van der Waals surface area (Å²) in [5.74, 6) is 1.42. The van der Waals surface area contributed by atoms with Gasteiger partial charge in [-0.25, -0.2) is 0 Å². The van der Waals surface area contributed by atoms with Gasteiger partial charge in [0.25, 0.3) is 0 Å². The van der Waals surface area contributed by atoms with E-state index in [0.717, 1.165) is 28.1 Å². The Bertz CT molecular complexity index is 838. The minimum Gasteiger partial charge on any atom is -0.497 e. The zero-order chi connectivity index (χ0) is 16.9. The van der Waals surface area contributed by atoms with E-state index in [1.807, 2.05) is 55.5 Å². The quantitative estimate of drug-likeness (QED) is 0.675. The molecule has 0 aliphatic heterocycles. The lowest BCUT2D eigenvalue weighted by atomic mass is 10.1. The molecule has 1 aromatic heterocycles. The van der Waals surface area contributed by atoms with Gasteiger partial charge < -0.3 is 9.47 Å². The van der Waals surface area contributed by atoms with Crippen molar-refractivity contribution in [1.82, 2.24) is 10.2 Å². The van der Waals surface area contributed by atoms with Crippen molar-refractivity contribution in [3.8, 4) is 22.8 Å². The Morgan fingerprint density at radius 2 is 1.79 bits per heavy atom. The Kier molecular flexibility index (Phi) is 4.96. The molecule has 0 fully saturated rings. The standard InChI is InChI=1S/C19H17ClN2O2/c1-13-10-18(20)21-22-19(13)16-9-8-15(23-2)11-17(16)24-12-14-6-4-3-5-7-14/h3-11H,12H2,1-2H3. The van der Waals surface area contributed by atoms with Crippen LogP contribution in [-0.2, 0) is 6.61 Å². The van der Waals surface area contributed by atoms with Gasteiger partial charge in [-0.1, -0.05) is 41.9 Å². The minimum atomic E-state index is 0.372. The van der Waals surface area contributed by atoms with Crippen molar-refractivity contribution in [1.29, 1.82) is 0 Å². The predicted molar refractivity (Wildman–Crippen MR) is 94.5 cm³/mol. The lowest BCUT2D eigenvalue weighted by molar-refractivity contribution is 0.305. The normalized spacial score (nSPS) is 10.5. The molecule has 3 aromatic rings. The van der Waals surface area contributed by atoms with Crippen LogP contribution in [0, 0.1) is 6.92 Å². The van der Waals surface area contributed by atoms with Gasteiger partial charge in [-0.05, 0) is 36.2 Å². The highest BCUT2D eigenvalue weighted by Crippen LogP contribution is 2.34. The molecule has 0 aliphatic rings. The van der Waals surface area contributed by atoms with E-state index in [1.54, 1.807) is 13.2 Å². The van der Waals surface area contributed by atoms with E-state index in [2.05, 4.69) is 10.2 Å². The maximum atomic E-state index is 6.02. The average molecular weight is 341 g/mol. The summed E-state index contributed by atoms with van der Waals surface area (Å²) in [5, 5.41) is 8.54. The Morgan fingerprint density at radius 1 is 1.00 bits per heavy atom. The molecule has 0 unspecified atom stereocenters. The molecule has 0 bridgehead atoms. The first-order valence-electron chi connectivity index (χ1n) is 7.52. The molecular weight excluding hydrogens is 324 g/mol. The van der Waals surface area contributed by atoms with Gasteiger partial charge in [0.05, 0.1) is 12.8 Å². The Morgan fingerprint density at radius 3 is 2.50 bits per heavy atom. The number of aryl methyl sites for hydroxylation is 1. The van der Waals surface area contributed by atoms with Crippen molar-refractivity contribution in [2.45, 2.75) is 13.5 Å². The van der Waals surface area contributed by atoms with E-state index in [4.69, 9.17) is 21.1 Å². The topological polar surface area (TPSA) is 44.2 Å². The lowest BCUT2D eigenvalue weighted by Gasteiger charge is -2.14. The number of benzene rings is 2. The molecule has 2 aromatic carbocycles. The molecule has 0 atom stereocenters. The van der Waals surface area contributed by atoms with Crippen LogP contribution in [-0.4, -0.2) is 17.3 Å². The summed E-state index contributed by atoms with van der Waals surface area (Å²) in [6.07, 6.45) is 0. The van der Waals surface area contributed by atoms with Gasteiger partial charge in [-0.3, -0.25) is 0 Å². The van der Waals surface area contributed by atoms with Crippen LogP contribution in [0.15, 0.2) is 54.6 Å². The second-order valence-electron chi connectivity index (χ2n) is 5.34. The molecule has 122 valence electrons. The summed E-state index contributed by atoms with van der Waals surface area (Å²) >= 11 is 5.91. The molecule has 5 heteroatoms. The number of methoxy groups -OCH3 is 1. The third-order valence-electron chi connectivity index (χ3n) is 3.64. The molecule has 0 spiro atoms. The maximum Gasteiger partial charge on any atom is 0.152 e. The van der Waals surface area contributed by atoms with Gasteiger partial charge in [0, 0.05) is 11.6 Å². The molecule has 0 radical (unpaired) electrons. The van der Waals surface area contributed by atoms with Crippen molar-refractivity contribution in [2.24, 2.45) is 0 Å². The molecule has 4 nitrogen and oxygen atoms in total. The first kappa shape index (κ1) is 16.3. The summed E-state index contributed by atoms with van der Waals surface area (Å²) in [4.78, 5) is 0. The molecule has 3 rings (SSSR count). The van der Waals surface area contributed by atoms with Crippen LogP contribution in [0.25, 0.3) is 11.3 Å². The molecule has 0 aliphatic carbocycles. The molecule has 0 saturated heterocycles. The van der Waals surface area contributed by atoms with E-state index in [1.165, 1.54) is 0 Å². The fourth-order valence-corrected chi connectivity index (χ4v) is 2.60. The Balaban J connectivity index is 1.96. The van der Waals surface area contributed by atoms with Crippen molar-refractivity contribution in [2.75, 3.05) is 7.11 Å². The third kappa shape index (κ3) is 3.66. The van der Waals surface area contributed by atoms with Crippen LogP contribution < -0.4 is 9.47 Å². The number of hydrogen-bond donors (Lipinski definition) is 0. The highest BCUT2D eigenvalue weighted by atomic mass is 35.5. The van der Waals surface area contributed by atoms with Crippen LogP contribution in [0.2, 0.25) is 5.15 Å². The van der Waals surface area contributed by atoms with Crippen LogP contribution in [0.4, 0.5) is 0 Å². The van der Waals surface area contributed by atoms with Gasteiger partial charge in [-0.15, -0.1) is 10.2 Å². The van der Waals surface area contributed by atoms with E-state index in [0.29, 0.717) is 17.5 Å². The second-order valence-corrected chi connectivity index (χ2v) is 5.72. The number of hydrogen-bond acceptors (Lipinski definition) is 4. The first-order chi connectivity index (χ1) is 11.7. The van der Waals surface area contributed by atoms with E-state index in [-0.39, 0.29) is 0 Å². The SMILES string of the molecule is COc1ccc(-c2nnc(Cl)cc2C)c(OCc2ccccc2)c1. The molecule has 0 saturated carbocycles. The van der Waals surface area contributed by atoms with Gasteiger partial charge in [0.1, 0.15) is 18.1 Å². The summed E-state index contributed by atoms with van der Waals surface area (Å²) in [5.41, 5.74) is 3.62. The first-order valence-corrected chi connectivity index (χ1v) is 7.90. The van der Waals surface area contributed by atoms with E-state index >= 15 is 0 Å². The van der Waals surface area contributed by atoms with Crippen LogP contribution >= 0.6 is 11.6 Å². The fourth-order valence-electron chi connectivity index (χ4n) is 2.40. The lowest BCUT2D eigenvalue weighted by Crippen LogP contribution is -2.00. The van der Waals surface area contributed by atoms with Gasteiger partial charge in [-0.2, -0.15) is 0 Å². The zero-order valence-corrected chi connectivity index (χ0v) is 14.2. The van der Waals surface area contributed by atoms with Crippen LogP contribution in [0.1, 0.15) is 11.1 Å². The van der Waals surface area contributed by atoms with Crippen molar-refractivity contribution >= 4 is 11.6 Å². The smallest absolute Gasteiger partial charge is 0.152 e. The number of aromatic nitrogens is 2. The van der Waals surface area contributed by atoms with Gasteiger partial charge >= 0.3 is 0 Å². The molecule has 1 heterocycles.